The molecule has 1 N–H and O–H groups in total. The monoisotopic (exact) mass is 283 g/mol. The minimum atomic E-state index is 0.258. The third kappa shape index (κ3) is 4.72. The summed E-state index contributed by atoms with van der Waals surface area (Å²) in [4.78, 5) is 16.4. The summed E-state index contributed by atoms with van der Waals surface area (Å²) < 4.78 is 5.27. The Kier molecular flexibility index (Phi) is 6.26. The van der Waals surface area contributed by atoms with Crippen LogP contribution in [0, 0.1) is 5.92 Å². The van der Waals surface area contributed by atoms with Gasteiger partial charge in [0, 0.05) is 38.6 Å². The van der Waals surface area contributed by atoms with Gasteiger partial charge >= 0.3 is 0 Å². The molecule has 0 aromatic rings. The zero-order chi connectivity index (χ0) is 14.4. The Morgan fingerprint density at radius 2 is 2.10 bits per heavy atom. The molecule has 0 bridgehead atoms. The van der Waals surface area contributed by atoms with Crippen molar-refractivity contribution in [2.24, 2.45) is 5.92 Å². The van der Waals surface area contributed by atoms with Gasteiger partial charge in [-0.1, -0.05) is 0 Å². The van der Waals surface area contributed by atoms with Crippen LogP contribution < -0.4 is 5.32 Å². The van der Waals surface area contributed by atoms with Crippen LogP contribution in [0.4, 0.5) is 0 Å². The van der Waals surface area contributed by atoms with Crippen LogP contribution in [0.15, 0.2) is 0 Å². The molecule has 2 rings (SSSR count). The zero-order valence-corrected chi connectivity index (χ0v) is 12.9. The molecule has 2 fully saturated rings. The number of likely N-dealkylation sites (tertiary alicyclic amines) is 1. The van der Waals surface area contributed by atoms with Crippen LogP contribution in [-0.4, -0.2) is 74.7 Å². The molecule has 2 heterocycles. The number of piperidine rings is 1. The zero-order valence-electron chi connectivity index (χ0n) is 12.9. The van der Waals surface area contributed by atoms with Crippen LogP contribution in [0.5, 0.6) is 0 Å². The maximum Gasteiger partial charge on any atom is 0.224 e. The number of morpholine rings is 1. The summed E-state index contributed by atoms with van der Waals surface area (Å²) in [6, 6.07) is 0.496. The third-order valence-corrected chi connectivity index (χ3v) is 4.54. The number of nitrogens with one attached hydrogen (secondary N) is 1. The van der Waals surface area contributed by atoms with E-state index >= 15 is 0 Å². The summed E-state index contributed by atoms with van der Waals surface area (Å²) in [5.41, 5.74) is 0. The van der Waals surface area contributed by atoms with E-state index in [1.165, 1.54) is 25.9 Å². The Bertz CT molecular complexity index is 305. The number of hydrogen-bond acceptors (Lipinski definition) is 4. The molecule has 1 amide bonds. The molecule has 5 nitrogen and oxygen atoms in total. The Balaban J connectivity index is 1.63. The van der Waals surface area contributed by atoms with Crippen LogP contribution in [0.1, 0.15) is 26.2 Å². The van der Waals surface area contributed by atoms with E-state index < -0.39 is 0 Å². The van der Waals surface area contributed by atoms with Gasteiger partial charge < -0.3 is 19.9 Å². The van der Waals surface area contributed by atoms with Crippen molar-refractivity contribution in [3.8, 4) is 0 Å². The van der Waals surface area contributed by atoms with Crippen molar-refractivity contribution in [1.29, 1.82) is 0 Å². The smallest absolute Gasteiger partial charge is 0.224 e. The first-order valence-electron chi connectivity index (χ1n) is 7.94. The van der Waals surface area contributed by atoms with Crippen molar-refractivity contribution in [2.45, 2.75) is 32.2 Å². The quantitative estimate of drug-likeness (QED) is 0.800. The molecule has 116 valence electrons. The standard InChI is InChI=1S/C15H29N3O2/c1-13(14-4-3-7-17(2)12-14)16-6-5-15(19)18-8-10-20-11-9-18/h13-14,16H,3-12H2,1-2H3. The van der Waals surface area contributed by atoms with Gasteiger partial charge in [-0.2, -0.15) is 0 Å². The summed E-state index contributed by atoms with van der Waals surface area (Å²) in [5.74, 6) is 0.973. The summed E-state index contributed by atoms with van der Waals surface area (Å²) in [6.07, 6.45) is 3.20. The lowest BCUT2D eigenvalue weighted by Crippen LogP contribution is -2.45. The number of carbonyl (C=O) groups is 1. The maximum absolute atomic E-state index is 12.0. The SMILES string of the molecule is CC(NCCC(=O)N1CCOCC1)C1CCCN(C)C1. The fraction of sp³-hybridized carbons (Fsp3) is 0.933. The highest BCUT2D eigenvalue weighted by molar-refractivity contribution is 5.76. The molecule has 0 radical (unpaired) electrons. The molecule has 0 spiro atoms. The van der Waals surface area contributed by atoms with E-state index in [0.29, 0.717) is 31.6 Å². The minimum Gasteiger partial charge on any atom is -0.378 e. The highest BCUT2D eigenvalue weighted by atomic mass is 16.5. The molecule has 2 unspecified atom stereocenters. The van der Waals surface area contributed by atoms with Gasteiger partial charge in [-0.15, -0.1) is 0 Å². The average Bonchev–Trinajstić information content (AvgIpc) is 2.48. The van der Waals surface area contributed by atoms with Crippen molar-refractivity contribution < 1.29 is 9.53 Å². The van der Waals surface area contributed by atoms with Gasteiger partial charge in [0.1, 0.15) is 0 Å². The number of rotatable bonds is 5. The van der Waals surface area contributed by atoms with Crippen LogP contribution in [0.3, 0.4) is 0 Å². The summed E-state index contributed by atoms with van der Waals surface area (Å²) in [6.45, 7) is 8.31. The van der Waals surface area contributed by atoms with E-state index in [2.05, 4.69) is 24.2 Å². The Morgan fingerprint density at radius 3 is 2.80 bits per heavy atom. The number of hydrogen-bond donors (Lipinski definition) is 1. The molecule has 0 saturated carbocycles. The van der Waals surface area contributed by atoms with Crippen molar-refractivity contribution in [3.05, 3.63) is 0 Å². The van der Waals surface area contributed by atoms with Gasteiger partial charge in [0.25, 0.3) is 0 Å². The van der Waals surface area contributed by atoms with Crippen LogP contribution >= 0.6 is 0 Å². The first-order chi connectivity index (χ1) is 9.66. The van der Waals surface area contributed by atoms with Gasteiger partial charge in [-0.3, -0.25) is 4.79 Å². The maximum atomic E-state index is 12.0. The van der Waals surface area contributed by atoms with E-state index in [9.17, 15) is 4.79 Å². The normalized spacial score (nSPS) is 26.5. The second-order valence-corrected chi connectivity index (χ2v) is 6.15. The first-order valence-corrected chi connectivity index (χ1v) is 7.94. The number of amides is 1. The van der Waals surface area contributed by atoms with E-state index in [1.807, 2.05) is 4.90 Å². The number of carbonyl (C=O) groups excluding carboxylic acids is 1. The van der Waals surface area contributed by atoms with Crippen molar-refractivity contribution >= 4 is 5.91 Å². The van der Waals surface area contributed by atoms with Gasteiger partial charge in [0.05, 0.1) is 13.2 Å². The lowest BCUT2D eigenvalue weighted by atomic mass is 9.92. The number of nitrogens with zero attached hydrogens (tertiary/aromatic N) is 2. The Hall–Kier alpha value is -0.650. The Morgan fingerprint density at radius 1 is 1.35 bits per heavy atom. The highest BCUT2D eigenvalue weighted by Crippen LogP contribution is 2.18. The topological polar surface area (TPSA) is 44.8 Å². The number of ether oxygens (including phenoxy) is 1. The van der Waals surface area contributed by atoms with Crippen molar-refractivity contribution in [1.82, 2.24) is 15.1 Å². The lowest BCUT2D eigenvalue weighted by molar-refractivity contribution is -0.135. The molecular weight excluding hydrogens is 254 g/mol. The van der Waals surface area contributed by atoms with Gasteiger partial charge in [0.15, 0.2) is 0 Å². The third-order valence-electron chi connectivity index (χ3n) is 4.54. The molecule has 2 aliphatic rings. The Labute approximate surface area is 122 Å². The van der Waals surface area contributed by atoms with Gasteiger partial charge in [0.2, 0.25) is 5.91 Å². The van der Waals surface area contributed by atoms with Crippen molar-refractivity contribution in [2.75, 3.05) is 53.0 Å². The fourth-order valence-electron chi connectivity index (χ4n) is 3.16. The molecule has 0 aliphatic carbocycles. The molecule has 2 saturated heterocycles. The van der Waals surface area contributed by atoms with E-state index in [4.69, 9.17) is 4.74 Å². The van der Waals surface area contributed by atoms with Crippen molar-refractivity contribution in [3.63, 3.8) is 0 Å². The molecule has 2 atom stereocenters. The predicted molar refractivity (Wildman–Crippen MR) is 79.7 cm³/mol. The summed E-state index contributed by atoms with van der Waals surface area (Å²) in [7, 11) is 2.20. The summed E-state index contributed by atoms with van der Waals surface area (Å²) in [5, 5.41) is 3.54. The first kappa shape index (κ1) is 15.7. The molecule has 20 heavy (non-hydrogen) atoms. The molecule has 0 aromatic carbocycles. The molecule has 5 heteroatoms. The second kappa shape index (κ2) is 7.96. The van der Waals surface area contributed by atoms with E-state index in [1.54, 1.807) is 0 Å². The van der Waals surface area contributed by atoms with E-state index in [0.717, 1.165) is 19.6 Å². The lowest BCUT2D eigenvalue weighted by Gasteiger charge is -2.34. The van der Waals surface area contributed by atoms with Gasteiger partial charge in [-0.25, -0.2) is 0 Å². The average molecular weight is 283 g/mol. The highest BCUT2D eigenvalue weighted by Gasteiger charge is 2.23. The largest absolute Gasteiger partial charge is 0.378 e. The second-order valence-electron chi connectivity index (χ2n) is 6.15. The van der Waals surface area contributed by atoms with Crippen LogP contribution in [0.25, 0.3) is 0 Å². The molecule has 0 aromatic heterocycles. The molecular formula is C15H29N3O2. The van der Waals surface area contributed by atoms with Crippen LogP contribution in [0.2, 0.25) is 0 Å². The fourth-order valence-corrected chi connectivity index (χ4v) is 3.16. The van der Waals surface area contributed by atoms with E-state index in [-0.39, 0.29) is 5.91 Å². The van der Waals surface area contributed by atoms with Gasteiger partial charge in [-0.05, 0) is 39.3 Å². The van der Waals surface area contributed by atoms with Crippen LogP contribution in [-0.2, 0) is 9.53 Å². The summed E-state index contributed by atoms with van der Waals surface area (Å²) >= 11 is 0. The minimum absolute atomic E-state index is 0.258. The molecule has 2 aliphatic heterocycles. The predicted octanol–water partition coefficient (Wildman–Crippen LogP) is 0.555.